The summed E-state index contributed by atoms with van der Waals surface area (Å²) in [5.41, 5.74) is 0. The Hall–Kier alpha value is 0.770. The summed E-state index contributed by atoms with van der Waals surface area (Å²) in [6.45, 7) is 0. The lowest BCUT2D eigenvalue weighted by atomic mass is 10.2. The van der Waals surface area contributed by atoms with Crippen molar-refractivity contribution in [2.24, 2.45) is 0 Å². The van der Waals surface area contributed by atoms with Gasteiger partial charge in [-0.05, 0) is 25.7 Å². The smallest absolute Gasteiger partial charge is 0.0223 e. The van der Waals surface area contributed by atoms with E-state index in [2.05, 4.69) is 22.4 Å². The molecule has 0 aliphatic heterocycles. The van der Waals surface area contributed by atoms with Gasteiger partial charge in [-0.1, -0.05) is 15.9 Å². The van der Waals surface area contributed by atoms with Gasteiger partial charge in [0.25, 0.3) is 0 Å². The molecule has 0 rings (SSSR count). The molecule has 0 atom stereocenters. The SMILES string of the molecule is ClCCC[CH]CCBr. The minimum Gasteiger partial charge on any atom is -0.127 e. The fourth-order valence-corrected chi connectivity index (χ4v) is 0.921. The van der Waals surface area contributed by atoms with Gasteiger partial charge in [0.2, 0.25) is 0 Å². The molecule has 0 aromatic rings. The van der Waals surface area contributed by atoms with Crippen LogP contribution in [0.5, 0.6) is 0 Å². The largest absolute Gasteiger partial charge is 0.127 e. The van der Waals surface area contributed by atoms with Gasteiger partial charge in [-0.3, -0.25) is 0 Å². The zero-order valence-electron chi connectivity index (χ0n) is 4.87. The Morgan fingerprint density at radius 3 is 2.62 bits per heavy atom. The first-order valence-corrected chi connectivity index (χ1v) is 4.51. The maximum absolute atomic E-state index is 5.45. The van der Waals surface area contributed by atoms with Gasteiger partial charge in [0, 0.05) is 11.2 Å². The molecule has 8 heavy (non-hydrogen) atoms. The van der Waals surface area contributed by atoms with E-state index in [1.165, 1.54) is 0 Å². The maximum atomic E-state index is 5.45. The van der Waals surface area contributed by atoms with Gasteiger partial charge in [-0.15, -0.1) is 11.6 Å². The van der Waals surface area contributed by atoms with Crippen LogP contribution in [0, 0.1) is 6.42 Å². The third kappa shape index (κ3) is 6.77. The first kappa shape index (κ1) is 8.77. The number of hydrogen-bond acceptors (Lipinski definition) is 0. The van der Waals surface area contributed by atoms with Crippen LogP contribution in [-0.2, 0) is 0 Å². The van der Waals surface area contributed by atoms with Crippen LogP contribution in [0.2, 0.25) is 0 Å². The molecule has 0 saturated heterocycles. The van der Waals surface area contributed by atoms with Crippen molar-refractivity contribution < 1.29 is 0 Å². The van der Waals surface area contributed by atoms with Crippen molar-refractivity contribution >= 4 is 27.5 Å². The summed E-state index contributed by atoms with van der Waals surface area (Å²) in [6, 6.07) is 0. The molecule has 0 heterocycles. The molecule has 0 aliphatic carbocycles. The fraction of sp³-hybridized carbons (Fsp3) is 0.833. The minimum atomic E-state index is 0.790. The van der Waals surface area contributed by atoms with Gasteiger partial charge in [-0.25, -0.2) is 0 Å². The Kier molecular flexibility index (Phi) is 8.52. The molecule has 0 N–H and O–H groups in total. The summed E-state index contributed by atoms with van der Waals surface area (Å²) in [5.74, 6) is 0.790. The van der Waals surface area contributed by atoms with Crippen LogP contribution in [0.3, 0.4) is 0 Å². The van der Waals surface area contributed by atoms with E-state index in [4.69, 9.17) is 11.6 Å². The summed E-state index contributed by atoms with van der Waals surface area (Å²) in [5, 5.41) is 1.08. The number of alkyl halides is 2. The first-order chi connectivity index (χ1) is 3.91. The Labute approximate surface area is 64.7 Å². The molecule has 0 saturated carbocycles. The van der Waals surface area contributed by atoms with Crippen molar-refractivity contribution in [3.63, 3.8) is 0 Å². The highest BCUT2D eigenvalue weighted by molar-refractivity contribution is 9.09. The van der Waals surface area contributed by atoms with E-state index in [-0.39, 0.29) is 0 Å². The summed E-state index contributed by atoms with van der Waals surface area (Å²) >= 11 is 8.79. The molecular formula is C6H11BrCl. The molecule has 0 nitrogen and oxygen atoms in total. The molecular weight excluding hydrogens is 187 g/mol. The predicted molar refractivity (Wildman–Crippen MR) is 42.7 cm³/mol. The summed E-state index contributed by atoms with van der Waals surface area (Å²) < 4.78 is 0. The van der Waals surface area contributed by atoms with Gasteiger partial charge in [-0.2, -0.15) is 0 Å². The lowest BCUT2D eigenvalue weighted by molar-refractivity contribution is 0.862. The highest BCUT2D eigenvalue weighted by atomic mass is 79.9. The van der Waals surface area contributed by atoms with E-state index in [0.717, 1.165) is 30.5 Å². The van der Waals surface area contributed by atoms with Crippen molar-refractivity contribution in [2.75, 3.05) is 11.2 Å². The van der Waals surface area contributed by atoms with Crippen molar-refractivity contribution in [2.45, 2.75) is 19.3 Å². The average Bonchev–Trinajstić information content (AvgIpc) is 1.81. The van der Waals surface area contributed by atoms with Crippen LogP contribution >= 0.6 is 27.5 Å². The van der Waals surface area contributed by atoms with Crippen molar-refractivity contribution in [1.29, 1.82) is 0 Å². The van der Waals surface area contributed by atoms with Crippen molar-refractivity contribution in [1.82, 2.24) is 0 Å². The number of rotatable bonds is 5. The number of unbranched alkanes of at least 4 members (excludes halogenated alkanes) is 3. The second-order valence-corrected chi connectivity index (χ2v) is 2.77. The van der Waals surface area contributed by atoms with Crippen LogP contribution in [0.1, 0.15) is 19.3 Å². The van der Waals surface area contributed by atoms with Gasteiger partial charge >= 0.3 is 0 Å². The number of halogens is 2. The first-order valence-electron chi connectivity index (χ1n) is 2.85. The highest BCUT2D eigenvalue weighted by Crippen LogP contribution is 2.00. The van der Waals surface area contributed by atoms with E-state index in [1.807, 2.05) is 0 Å². The summed E-state index contributed by atoms with van der Waals surface area (Å²) in [7, 11) is 0. The third-order valence-electron chi connectivity index (χ3n) is 0.855. The van der Waals surface area contributed by atoms with E-state index in [1.54, 1.807) is 0 Å². The molecule has 0 bridgehead atoms. The zero-order valence-corrected chi connectivity index (χ0v) is 7.21. The molecule has 0 spiro atoms. The van der Waals surface area contributed by atoms with Gasteiger partial charge in [0.05, 0.1) is 0 Å². The molecule has 49 valence electrons. The van der Waals surface area contributed by atoms with Gasteiger partial charge in [0.1, 0.15) is 0 Å². The van der Waals surface area contributed by atoms with Crippen molar-refractivity contribution in [3.8, 4) is 0 Å². The molecule has 0 amide bonds. The van der Waals surface area contributed by atoms with Crippen LogP contribution in [0.4, 0.5) is 0 Å². The predicted octanol–water partition coefficient (Wildman–Crippen LogP) is 2.99. The second-order valence-electron chi connectivity index (χ2n) is 1.60. The molecule has 0 fully saturated rings. The molecule has 0 unspecified atom stereocenters. The van der Waals surface area contributed by atoms with E-state index >= 15 is 0 Å². The quantitative estimate of drug-likeness (QED) is 0.471. The Bertz CT molecular complexity index is 33.5. The summed E-state index contributed by atoms with van der Waals surface area (Å²) in [4.78, 5) is 0. The topological polar surface area (TPSA) is 0 Å². The Morgan fingerprint density at radius 1 is 1.38 bits per heavy atom. The molecule has 2 heteroatoms. The van der Waals surface area contributed by atoms with E-state index in [0.29, 0.717) is 0 Å². The lowest BCUT2D eigenvalue weighted by Crippen LogP contribution is -1.79. The normalized spacial score (nSPS) is 9.75. The number of hydrogen-bond donors (Lipinski definition) is 0. The average molecular weight is 199 g/mol. The van der Waals surface area contributed by atoms with E-state index in [9.17, 15) is 0 Å². The Morgan fingerprint density at radius 2 is 2.12 bits per heavy atom. The standard InChI is InChI=1S/C6H11BrCl/c7-5-3-1-2-4-6-8/h1H,2-6H2. The lowest BCUT2D eigenvalue weighted by Gasteiger charge is -1.91. The summed E-state index contributed by atoms with van der Waals surface area (Å²) in [6.07, 6.45) is 5.71. The van der Waals surface area contributed by atoms with E-state index < -0.39 is 0 Å². The molecule has 1 radical (unpaired) electrons. The van der Waals surface area contributed by atoms with Crippen LogP contribution < -0.4 is 0 Å². The molecule has 0 aliphatic rings. The minimum absolute atomic E-state index is 0.790. The molecule has 0 aromatic carbocycles. The zero-order chi connectivity index (χ0) is 6.24. The van der Waals surface area contributed by atoms with Crippen LogP contribution in [0.15, 0.2) is 0 Å². The molecule has 0 aromatic heterocycles. The van der Waals surface area contributed by atoms with Crippen LogP contribution in [0.25, 0.3) is 0 Å². The third-order valence-corrected chi connectivity index (χ3v) is 1.58. The van der Waals surface area contributed by atoms with Crippen LogP contribution in [-0.4, -0.2) is 11.2 Å². The fourth-order valence-electron chi connectivity index (χ4n) is 0.443. The maximum Gasteiger partial charge on any atom is 0.0223 e. The van der Waals surface area contributed by atoms with Gasteiger partial charge in [0.15, 0.2) is 0 Å². The second kappa shape index (κ2) is 7.77. The monoisotopic (exact) mass is 197 g/mol. The van der Waals surface area contributed by atoms with Gasteiger partial charge < -0.3 is 0 Å². The van der Waals surface area contributed by atoms with Crippen molar-refractivity contribution in [3.05, 3.63) is 6.42 Å². The Balaban J connectivity index is 2.53. The highest BCUT2D eigenvalue weighted by Gasteiger charge is 1.85.